The second-order valence-electron chi connectivity index (χ2n) is 5.94. The van der Waals surface area contributed by atoms with E-state index in [1.165, 1.54) is 18.2 Å². The van der Waals surface area contributed by atoms with Gasteiger partial charge in [-0.2, -0.15) is 0 Å². The second kappa shape index (κ2) is 7.89. The molecule has 0 unspecified atom stereocenters. The summed E-state index contributed by atoms with van der Waals surface area (Å²) < 4.78 is 40.9. The summed E-state index contributed by atoms with van der Waals surface area (Å²) in [5.41, 5.74) is 5.15. The molecule has 1 aromatic rings. The number of para-hydroxylation sites is 2. The summed E-state index contributed by atoms with van der Waals surface area (Å²) >= 11 is 0. The number of halogens is 3. The molecule has 0 atom stereocenters. The van der Waals surface area contributed by atoms with Gasteiger partial charge < -0.3 is 21.1 Å². The number of ether oxygens (including phenoxy) is 1. The Hall–Kier alpha value is -2.45. The number of nitrogens with zero attached hydrogens (tertiary/aromatic N) is 1. The van der Waals surface area contributed by atoms with E-state index in [4.69, 9.17) is 5.73 Å². The van der Waals surface area contributed by atoms with Crippen molar-refractivity contribution >= 4 is 17.6 Å². The Kier molecular flexibility index (Phi) is 6.44. The van der Waals surface area contributed by atoms with Crippen LogP contribution < -0.4 is 21.1 Å². The van der Waals surface area contributed by atoms with Crippen LogP contribution >= 0.6 is 0 Å². The Labute approximate surface area is 138 Å². The van der Waals surface area contributed by atoms with Crippen molar-refractivity contribution in [2.24, 2.45) is 16.1 Å². The van der Waals surface area contributed by atoms with Crippen molar-refractivity contribution in [2.75, 3.05) is 18.4 Å². The zero-order valence-corrected chi connectivity index (χ0v) is 13.7. The zero-order chi connectivity index (χ0) is 18.4. The highest BCUT2D eigenvalue weighted by molar-refractivity contribution is 5.93. The van der Waals surface area contributed by atoms with E-state index in [2.05, 4.69) is 20.4 Å². The van der Waals surface area contributed by atoms with Crippen LogP contribution in [0, 0.1) is 5.41 Å². The van der Waals surface area contributed by atoms with Gasteiger partial charge in [0.1, 0.15) is 0 Å². The van der Waals surface area contributed by atoms with Crippen LogP contribution in [0.4, 0.5) is 18.9 Å². The van der Waals surface area contributed by atoms with Gasteiger partial charge in [0, 0.05) is 12.0 Å². The minimum atomic E-state index is -4.80. The van der Waals surface area contributed by atoms with E-state index >= 15 is 0 Å². The number of carbonyl (C=O) groups is 1. The lowest BCUT2D eigenvalue weighted by Gasteiger charge is -2.17. The van der Waals surface area contributed by atoms with Crippen LogP contribution in [0.3, 0.4) is 0 Å². The van der Waals surface area contributed by atoms with Crippen LogP contribution in [0.5, 0.6) is 5.75 Å². The first-order chi connectivity index (χ1) is 11.0. The predicted octanol–water partition coefficient (Wildman–Crippen LogP) is 2.47. The summed E-state index contributed by atoms with van der Waals surface area (Å²) in [6, 6.07) is 5.47. The number of anilines is 1. The first kappa shape index (κ1) is 19.6. The first-order valence-electron chi connectivity index (χ1n) is 7.19. The number of nitrogens with one attached hydrogen (secondary N) is 2. The molecule has 0 fully saturated rings. The van der Waals surface area contributed by atoms with Crippen molar-refractivity contribution in [3.63, 3.8) is 0 Å². The molecule has 0 radical (unpaired) electrons. The van der Waals surface area contributed by atoms with Crippen LogP contribution in [-0.4, -0.2) is 31.3 Å². The molecule has 0 heterocycles. The van der Waals surface area contributed by atoms with Crippen molar-refractivity contribution in [1.82, 2.24) is 5.32 Å². The zero-order valence-electron chi connectivity index (χ0n) is 13.7. The van der Waals surface area contributed by atoms with Gasteiger partial charge in [-0.05, 0) is 12.1 Å². The highest BCUT2D eigenvalue weighted by Gasteiger charge is 2.32. The first-order valence-corrected chi connectivity index (χ1v) is 7.19. The van der Waals surface area contributed by atoms with Gasteiger partial charge in [0.05, 0.1) is 12.2 Å². The molecule has 0 saturated carbocycles. The van der Waals surface area contributed by atoms with E-state index in [0.717, 1.165) is 6.07 Å². The Morgan fingerprint density at radius 1 is 1.25 bits per heavy atom. The number of alkyl halides is 3. The van der Waals surface area contributed by atoms with E-state index in [9.17, 15) is 18.0 Å². The van der Waals surface area contributed by atoms with Crippen molar-refractivity contribution < 1.29 is 22.7 Å². The fraction of sp³-hybridized carbons (Fsp3) is 0.467. The summed E-state index contributed by atoms with van der Waals surface area (Å²) in [7, 11) is 0. The number of aliphatic imine (C=N–C) groups is 1. The average Bonchev–Trinajstić information content (AvgIpc) is 2.43. The molecule has 0 aromatic heterocycles. The number of amides is 1. The molecule has 24 heavy (non-hydrogen) atoms. The fourth-order valence-electron chi connectivity index (χ4n) is 1.57. The van der Waals surface area contributed by atoms with Gasteiger partial charge in [-0.15, -0.1) is 13.2 Å². The van der Waals surface area contributed by atoms with Gasteiger partial charge in [0.2, 0.25) is 5.91 Å². The third-order valence-electron chi connectivity index (χ3n) is 2.74. The van der Waals surface area contributed by atoms with Crippen molar-refractivity contribution in [3.8, 4) is 5.75 Å². The predicted molar refractivity (Wildman–Crippen MR) is 85.7 cm³/mol. The molecule has 0 bridgehead atoms. The third-order valence-corrected chi connectivity index (χ3v) is 2.74. The molecule has 134 valence electrons. The van der Waals surface area contributed by atoms with E-state index in [-0.39, 0.29) is 30.6 Å². The maximum atomic E-state index is 12.3. The maximum Gasteiger partial charge on any atom is 0.573 e. The van der Waals surface area contributed by atoms with Gasteiger partial charge in [-0.1, -0.05) is 32.9 Å². The Morgan fingerprint density at radius 3 is 2.46 bits per heavy atom. The smallest absolute Gasteiger partial charge is 0.404 e. The molecule has 1 rings (SSSR count). The van der Waals surface area contributed by atoms with Crippen molar-refractivity contribution in [3.05, 3.63) is 24.3 Å². The molecule has 0 spiro atoms. The van der Waals surface area contributed by atoms with E-state index in [0.29, 0.717) is 0 Å². The number of nitrogens with two attached hydrogens (primary N) is 1. The number of benzene rings is 1. The van der Waals surface area contributed by atoms with E-state index in [1.54, 1.807) is 20.8 Å². The highest BCUT2D eigenvalue weighted by atomic mass is 19.4. The van der Waals surface area contributed by atoms with Gasteiger partial charge in [0.15, 0.2) is 11.7 Å². The standard InChI is InChI=1S/C15H21F3N4O2/c1-14(2,3)12(23)20-8-9-21-13(19)22-10-6-4-5-7-11(10)24-15(16,17)18/h4-7H,8-9H2,1-3H3,(H,20,23)(H3,19,21,22). The Bertz CT molecular complexity index is 595. The molecule has 0 aliphatic heterocycles. The molecule has 1 amide bonds. The van der Waals surface area contributed by atoms with Crippen molar-refractivity contribution in [2.45, 2.75) is 27.1 Å². The van der Waals surface area contributed by atoms with Crippen LogP contribution in [0.25, 0.3) is 0 Å². The van der Waals surface area contributed by atoms with Gasteiger partial charge in [0.25, 0.3) is 0 Å². The Balaban J connectivity index is 2.59. The van der Waals surface area contributed by atoms with Gasteiger partial charge >= 0.3 is 6.36 Å². The molecule has 4 N–H and O–H groups in total. The monoisotopic (exact) mass is 346 g/mol. The fourth-order valence-corrected chi connectivity index (χ4v) is 1.57. The molecule has 0 aliphatic carbocycles. The van der Waals surface area contributed by atoms with Crippen LogP contribution in [-0.2, 0) is 4.79 Å². The number of hydrogen-bond donors (Lipinski definition) is 3. The molecular weight excluding hydrogens is 325 g/mol. The molecule has 0 saturated heterocycles. The highest BCUT2D eigenvalue weighted by Crippen LogP contribution is 2.29. The summed E-state index contributed by atoms with van der Waals surface area (Å²) in [5.74, 6) is -0.629. The molecular formula is C15H21F3N4O2. The lowest BCUT2D eigenvalue weighted by molar-refractivity contribution is -0.274. The molecule has 6 nitrogen and oxygen atoms in total. The summed E-state index contributed by atoms with van der Waals surface area (Å²) in [6.07, 6.45) is -4.80. The van der Waals surface area contributed by atoms with Gasteiger partial charge in [-0.25, -0.2) is 0 Å². The number of rotatable bonds is 5. The van der Waals surface area contributed by atoms with Crippen molar-refractivity contribution in [1.29, 1.82) is 0 Å². The SMILES string of the molecule is CC(C)(C)C(=O)NCCN=C(N)Nc1ccccc1OC(F)(F)F. The number of carbonyl (C=O) groups excluding carboxylic acids is 1. The van der Waals surface area contributed by atoms with Crippen LogP contribution in [0.2, 0.25) is 0 Å². The lowest BCUT2D eigenvalue weighted by atomic mass is 9.96. The molecule has 9 heteroatoms. The summed E-state index contributed by atoms with van der Waals surface area (Å²) in [6.45, 7) is 5.78. The molecule has 1 aromatic carbocycles. The minimum absolute atomic E-state index is 0.0369. The van der Waals surface area contributed by atoms with E-state index < -0.39 is 17.5 Å². The topological polar surface area (TPSA) is 88.7 Å². The maximum absolute atomic E-state index is 12.3. The average molecular weight is 346 g/mol. The molecule has 0 aliphatic rings. The van der Waals surface area contributed by atoms with Gasteiger partial charge in [-0.3, -0.25) is 9.79 Å². The Morgan fingerprint density at radius 2 is 1.88 bits per heavy atom. The number of guanidine groups is 1. The summed E-state index contributed by atoms with van der Waals surface area (Å²) in [5, 5.41) is 5.22. The normalized spacial score (nSPS) is 12.7. The van der Waals surface area contributed by atoms with Crippen LogP contribution in [0.1, 0.15) is 20.8 Å². The number of hydrogen-bond acceptors (Lipinski definition) is 3. The minimum Gasteiger partial charge on any atom is -0.404 e. The third kappa shape index (κ3) is 7.21. The van der Waals surface area contributed by atoms with E-state index in [1.807, 2.05) is 0 Å². The summed E-state index contributed by atoms with van der Waals surface area (Å²) in [4.78, 5) is 15.6. The largest absolute Gasteiger partial charge is 0.573 e. The quantitative estimate of drug-likeness (QED) is 0.434. The lowest BCUT2D eigenvalue weighted by Crippen LogP contribution is -2.36. The van der Waals surface area contributed by atoms with Crippen LogP contribution in [0.15, 0.2) is 29.3 Å². The second-order valence-corrected chi connectivity index (χ2v) is 5.94.